The van der Waals surface area contributed by atoms with Crippen LogP contribution >= 0.6 is 11.6 Å². The molecule has 0 spiro atoms. The number of carbonyl (C=O) groups excluding carboxylic acids is 2. The fourth-order valence-corrected chi connectivity index (χ4v) is 1.04. The minimum Gasteiger partial charge on any atom is -0.497 e. The second kappa shape index (κ2) is 5.97. The van der Waals surface area contributed by atoms with Crippen LogP contribution in [-0.4, -0.2) is 24.8 Å². The van der Waals surface area contributed by atoms with Gasteiger partial charge in [-0.2, -0.15) is 0 Å². The fraction of sp³-hybridized carbons (Fsp3) is 0.200. The third-order valence-electron chi connectivity index (χ3n) is 1.79. The number of hydrogen-bond donors (Lipinski definition) is 2. The second-order valence-corrected chi connectivity index (χ2v) is 3.13. The van der Waals surface area contributed by atoms with Gasteiger partial charge in [0.15, 0.2) is 0 Å². The zero-order chi connectivity index (χ0) is 12.0. The van der Waals surface area contributed by atoms with Crippen LogP contribution in [0.4, 0.5) is 0 Å². The molecule has 0 aliphatic heterocycles. The van der Waals surface area contributed by atoms with Gasteiger partial charge >= 0.3 is 0 Å². The molecule has 0 bridgehead atoms. The van der Waals surface area contributed by atoms with E-state index in [0.29, 0.717) is 11.3 Å². The van der Waals surface area contributed by atoms with Gasteiger partial charge in [-0.25, -0.2) is 0 Å². The van der Waals surface area contributed by atoms with Crippen molar-refractivity contribution >= 4 is 23.4 Å². The van der Waals surface area contributed by atoms with E-state index in [4.69, 9.17) is 16.3 Å². The first-order valence-electron chi connectivity index (χ1n) is 4.46. The van der Waals surface area contributed by atoms with Crippen molar-refractivity contribution in [1.82, 2.24) is 10.9 Å². The van der Waals surface area contributed by atoms with E-state index >= 15 is 0 Å². The molecule has 0 atom stereocenters. The van der Waals surface area contributed by atoms with Crippen molar-refractivity contribution in [2.24, 2.45) is 0 Å². The molecule has 0 aromatic heterocycles. The second-order valence-electron chi connectivity index (χ2n) is 2.86. The van der Waals surface area contributed by atoms with Crippen LogP contribution in [0.1, 0.15) is 10.4 Å². The van der Waals surface area contributed by atoms with Crippen LogP contribution in [0.15, 0.2) is 24.3 Å². The van der Waals surface area contributed by atoms with Crippen LogP contribution in [-0.2, 0) is 4.79 Å². The predicted molar refractivity (Wildman–Crippen MR) is 59.3 cm³/mol. The highest BCUT2D eigenvalue weighted by atomic mass is 35.5. The molecule has 1 rings (SSSR count). The highest BCUT2D eigenvalue weighted by Gasteiger charge is 2.06. The number of rotatable bonds is 3. The predicted octanol–water partition coefficient (Wildman–Crippen LogP) is 0.695. The summed E-state index contributed by atoms with van der Waals surface area (Å²) in [4.78, 5) is 22.2. The van der Waals surface area contributed by atoms with Crippen molar-refractivity contribution < 1.29 is 14.3 Å². The number of benzene rings is 1. The summed E-state index contributed by atoms with van der Waals surface area (Å²) in [6.07, 6.45) is 0. The van der Waals surface area contributed by atoms with Crippen LogP contribution < -0.4 is 15.6 Å². The largest absolute Gasteiger partial charge is 0.497 e. The summed E-state index contributed by atoms with van der Waals surface area (Å²) >= 11 is 5.24. The summed E-state index contributed by atoms with van der Waals surface area (Å²) in [6.45, 7) is 0. The van der Waals surface area contributed by atoms with Crippen LogP contribution in [0.5, 0.6) is 5.75 Å². The fourth-order valence-electron chi connectivity index (χ4n) is 0.974. The molecule has 2 N–H and O–H groups in total. The summed E-state index contributed by atoms with van der Waals surface area (Å²) in [5.41, 5.74) is 4.79. The molecule has 5 nitrogen and oxygen atoms in total. The molecule has 0 aliphatic carbocycles. The number of halogens is 1. The lowest BCUT2D eigenvalue weighted by Gasteiger charge is -2.06. The Morgan fingerprint density at radius 2 is 1.88 bits per heavy atom. The lowest BCUT2D eigenvalue weighted by atomic mass is 10.2. The summed E-state index contributed by atoms with van der Waals surface area (Å²) in [6, 6.07) is 6.47. The summed E-state index contributed by atoms with van der Waals surface area (Å²) in [7, 11) is 1.54. The monoisotopic (exact) mass is 242 g/mol. The molecule has 2 amide bonds. The summed E-state index contributed by atoms with van der Waals surface area (Å²) < 4.78 is 4.95. The molecule has 1 aromatic rings. The quantitative estimate of drug-likeness (QED) is 0.606. The Morgan fingerprint density at radius 1 is 1.25 bits per heavy atom. The molecule has 0 saturated carbocycles. The first-order valence-corrected chi connectivity index (χ1v) is 5.00. The maximum Gasteiger partial charge on any atom is 0.269 e. The van der Waals surface area contributed by atoms with Gasteiger partial charge in [-0.1, -0.05) is 0 Å². The van der Waals surface area contributed by atoms with Crippen molar-refractivity contribution in [3.8, 4) is 5.75 Å². The van der Waals surface area contributed by atoms with E-state index < -0.39 is 11.8 Å². The van der Waals surface area contributed by atoms with Crippen LogP contribution in [0, 0.1) is 0 Å². The molecular formula is C10H11ClN2O3. The van der Waals surface area contributed by atoms with E-state index in [-0.39, 0.29) is 5.88 Å². The number of methoxy groups -OCH3 is 1. The molecule has 6 heteroatoms. The first kappa shape index (κ1) is 12.3. The van der Waals surface area contributed by atoms with Gasteiger partial charge in [-0.15, -0.1) is 11.6 Å². The third kappa shape index (κ3) is 3.43. The number of carbonyl (C=O) groups is 2. The number of ether oxygens (including phenoxy) is 1. The minimum absolute atomic E-state index is 0.205. The van der Waals surface area contributed by atoms with Crippen molar-refractivity contribution in [1.29, 1.82) is 0 Å². The van der Waals surface area contributed by atoms with Crippen molar-refractivity contribution in [2.75, 3.05) is 13.0 Å². The van der Waals surface area contributed by atoms with Gasteiger partial charge < -0.3 is 4.74 Å². The van der Waals surface area contributed by atoms with E-state index in [9.17, 15) is 9.59 Å². The van der Waals surface area contributed by atoms with Crippen molar-refractivity contribution in [3.63, 3.8) is 0 Å². The minimum atomic E-state index is -0.469. The lowest BCUT2D eigenvalue weighted by molar-refractivity contribution is -0.119. The molecule has 0 radical (unpaired) electrons. The Hall–Kier alpha value is -1.75. The molecule has 0 fully saturated rings. The number of hydrazine groups is 1. The molecular weight excluding hydrogens is 232 g/mol. The Balaban J connectivity index is 2.56. The number of alkyl halides is 1. The highest BCUT2D eigenvalue weighted by Crippen LogP contribution is 2.10. The maximum atomic E-state index is 11.5. The van der Waals surface area contributed by atoms with Gasteiger partial charge in [-0.3, -0.25) is 20.4 Å². The average molecular weight is 243 g/mol. The van der Waals surface area contributed by atoms with Gasteiger partial charge in [0.1, 0.15) is 11.6 Å². The Morgan fingerprint density at radius 3 is 2.38 bits per heavy atom. The third-order valence-corrected chi connectivity index (χ3v) is 2.03. The highest BCUT2D eigenvalue weighted by molar-refractivity contribution is 6.27. The molecule has 0 heterocycles. The van der Waals surface area contributed by atoms with Crippen LogP contribution in [0.2, 0.25) is 0 Å². The SMILES string of the molecule is COc1ccc(C(=O)NNC(=O)CCl)cc1. The molecule has 0 saturated heterocycles. The topological polar surface area (TPSA) is 67.4 Å². The zero-order valence-electron chi connectivity index (χ0n) is 8.62. The van der Waals surface area contributed by atoms with E-state index in [2.05, 4.69) is 10.9 Å². The normalized spacial score (nSPS) is 9.38. The van der Waals surface area contributed by atoms with Gasteiger partial charge in [-0.05, 0) is 24.3 Å². The zero-order valence-corrected chi connectivity index (χ0v) is 9.38. The molecule has 0 unspecified atom stereocenters. The van der Waals surface area contributed by atoms with E-state index in [1.54, 1.807) is 24.3 Å². The van der Waals surface area contributed by atoms with Gasteiger partial charge in [0.25, 0.3) is 11.8 Å². The van der Waals surface area contributed by atoms with E-state index in [1.165, 1.54) is 7.11 Å². The summed E-state index contributed by atoms with van der Waals surface area (Å²) in [5, 5.41) is 0. The standard InChI is InChI=1S/C10H11ClN2O3/c1-16-8-4-2-7(3-5-8)10(15)13-12-9(14)6-11/h2-5H,6H2,1H3,(H,12,14)(H,13,15). The smallest absolute Gasteiger partial charge is 0.269 e. The van der Waals surface area contributed by atoms with E-state index in [1.807, 2.05) is 0 Å². The number of hydrogen-bond acceptors (Lipinski definition) is 3. The van der Waals surface area contributed by atoms with Gasteiger partial charge in [0.05, 0.1) is 7.11 Å². The molecule has 1 aromatic carbocycles. The first-order chi connectivity index (χ1) is 7.67. The molecule has 0 aliphatic rings. The average Bonchev–Trinajstić information content (AvgIpc) is 2.35. The lowest BCUT2D eigenvalue weighted by Crippen LogP contribution is -2.42. The van der Waals surface area contributed by atoms with Gasteiger partial charge in [0.2, 0.25) is 0 Å². The Bertz CT molecular complexity index is 378. The maximum absolute atomic E-state index is 11.5. The molecule has 16 heavy (non-hydrogen) atoms. The number of nitrogens with one attached hydrogen (secondary N) is 2. The number of amides is 2. The summed E-state index contributed by atoms with van der Waals surface area (Å²) in [5.74, 6) is -0.436. The Kier molecular flexibility index (Phi) is 4.60. The van der Waals surface area contributed by atoms with Crippen LogP contribution in [0.3, 0.4) is 0 Å². The van der Waals surface area contributed by atoms with Crippen molar-refractivity contribution in [2.45, 2.75) is 0 Å². The van der Waals surface area contributed by atoms with Crippen LogP contribution in [0.25, 0.3) is 0 Å². The van der Waals surface area contributed by atoms with Crippen molar-refractivity contribution in [3.05, 3.63) is 29.8 Å². The molecule has 86 valence electrons. The van der Waals surface area contributed by atoms with Gasteiger partial charge in [0, 0.05) is 5.56 Å². The Labute approximate surface area is 97.7 Å². The van der Waals surface area contributed by atoms with E-state index in [0.717, 1.165) is 0 Å².